The van der Waals surface area contributed by atoms with Gasteiger partial charge in [0.25, 0.3) is 5.91 Å². The zero-order valence-corrected chi connectivity index (χ0v) is 14.9. The summed E-state index contributed by atoms with van der Waals surface area (Å²) in [6.45, 7) is 10.5. The first-order valence-electron chi connectivity index (χ1n) is 8.22. The molecule has 0 aliphatic carbocycles. The van der Waals surface area contributed by atoms with Gasteiger partial charge in [-0.2, -0.15) is 0 Å². The summed E-state index contributed by atoms with van der Waals surface area (Å²) in [5.74, 6) is 1.01. The van der Waals surface area contributed by atoms with Gasteiger partial charge in [-0.1, -0.05) is 45.0 Å². The molecule has 1 amide bonds. The molecule has 1 fully saturated rings. The molecule has 2 heterocycles. The largest absolute Gasteiger partial charge is 0.375 e. The highest BCUT2D eigenvalue weighted by molar-refractivity contribution is 7.08. The predicted molar refractivity (Wildman–Crippen MR) is 88.3 cm³/mol. The van der Waals surface area contributed by atoms with Crippen molar-refractivity contribution >= 4 is 17.4 Å². The first-order chi connectivity index (χ1) is 10.5. The molecule has 0 unspecified atom stereocenters. The molecule has 0 radical (unpaired) electrons. The lowest BCUT2D eigenvalue weighted by molar-refractivity contribution is -0.0259. The number of rotatable bonds is 6. The second-order valence-electron chi connectivity index (χ2n) is 6.71. The van der Waals surface area contributed by atoms with Gasteiger partial charge in [-0.15, -0.1) is 5.10 Å². The summed E-state index contributed by atoms with van der Waals surface area (Å²) in [6.07, 6.45) is 3.56. The lowest BCUT2D eigenvalue weighted by atomic mass is 10.0. The normalized spacial score (nSPS) is 19.2. The summed E-state index contributed by atoms with van der Waals surface area (Å²) in [6, 6.07) is 0. The minimum atomic E-state index is 0.0656. The van der Waals surface area contributed by atoms with E-state index in [4.69, 9.17) is 4.74 Å². The second-order valence-corrected chi connectivity index (χ2v) is 7.46. The molecule has 1 aromatic heterocycles. The molecule has 0 bridgehead atoms. The predicted octanol–water partition coefficient (Wildman–Crippen LogP) is 3.33. The van der Waals surface area contributed by atoms with Crippen molar-refractivity contribution in [3.8, 4) is 0 Å². The van der Waals surface area contributed by atoms with Gasteiger partial charge >= 0.3 is 0 Å². The van der Waals surface area contributed by atoms with Crippen LogP contribution in [-0.4, -0.2) is 46.2 Å². The number of nitrogens with zero attached hydrogens (tertiary/aromatic N) is 3. The van der Waals surface area contributed by atoms with Crippen LogP contribution in [0.4, 0.5) is 0 Å². The van der Waals surface area contributed by atoms with E-state index in [-0.39, 0.29) is 17.9 Å². The lowest BCUT2D eigenvalue weighted by Gasteiger charge is -2.33. The topological polar surface area (TPSA) is 55.3 Å². The molecule has 22 heavy (non-hydrogen) atoms. The number of hydrogen-bond donors (Lipinski definition) is 0. The fourth-order valence-corrected chi connectivity index (χ4v) is 3.49. The van der Waals surface area contributed by atoms with Gasteiger partial charge in [0.1, 0.15) is 4.88 Å². The molecule has 1 aliphatic heterocycles. The molecule has 1 saturated heterocycles. The maximum absolute atomic E-state index is 12.7. The average molecular weight is 325 g/mol. The first-order valence-corrected chi connectivity index (χ1v) is 8.99. The van der Waals surface area contributed by atoms with Crippen molar-refractivity contribution in [1.29, 1.82) is 0 Å². The summed E-state index contributed by atoms with van der Waals surface area (Å²) in [7, 11) is 0. The van der Waals surface area contributed by atoms with E-state index in [1.54, 1.807) is 0 Å². The Hall–Kier alpha value is -1.01. The number of hydrogen-bond acceptors (Lipinski definition) is 5. The Kier molecular flexibility index (Phi) is 6.32. The Morgan fingerprint density at radius 2 is 2.18 bits per heavy atom. The molecule has 124 valence electrons. The number of morpholine rings is 1. The van der Waals surface area contributed by atoms with Gasteiger partial charge in [-0.05, 0) is 29.8 Å². The molecule has 0 N–H and O–H groups in total. The van der Waals surface area contributed by atoms with Crippen LogP contribution in [0.1, 0.15) is 68.2 Å². The van der Waals surface area contributed by atoms with E-state index in [9.17, 15) is 4.79 Å². The minimum absolute atomic E-state index is 0.0656. The summed E-state index contributed by atoms with van der Waals surface area (Å²) in [5, 5.41) is 4.11. The van der Waals surface area contributed by atoms with Crippen LogP contribution in [0.3, 0.4) is 0 Å². The highest BCUT2D eigenvalue weighted by Crippen LogP contribution is 2.23. The summed E-state index contributed by atoms with van der Waals surface area (Å²) >= 11 is 1.21. The van der Waals surface area contributed by atoms with Crippen molar-refractivity contribution in [2.24, 2.45) is 5.92 Å². The van der Waals surface area contributed by atoms with Crippen LogP contribution in [0.25, 0.3) is 0 Å². The third-order valence-corrected chi connectivity index (χ3v) is 4.72. The molecule has 5 nitrogen and oxygen atoms in total. The molecule has 0 aromatic carbocycles. The van der Waals surface area contributed by atoms with Crippen LogP contribution in [0.2, 0.25) is 0 Å². The van der Waals surface area contributed by atoms with E-state index in [1.165, 1.54) is 18.0 Å². The fraction of sp³-hybridized carbons (Fsp3) is 0.812. The Balaban J connectivity index is 1.94. The van der Waals surface area contributed by atoms with Crippen molar-refractivity contribution in [2.45, 2.75) is 59.0 Å². The third-order valence-electron chi connectivity index (χ3n) is 3.99. The molecule has 1 aliphatic rings. The Labute approximate surface area is 137 Å². The van der Waals surface area contributed by atoms with Gasteiger partial charge in [-0.25, -0.2) is 0 Å². The molecule has 0 spiro atoms. The van der Waals surface area contributed by atoms with E-state index in [0.29, 0.717) is 24.6 Å². The third kappa shape index (κ3) is 4.49. The van der Waals surface area contributed by atoms with E-state index >= 15 is 0 Å². The molecular weight excluding hydrogens is 298 g/mol. The highest BCUT2D eigenvalue weighted by Gasteiger charge is 2.28. The molecular formula is C16H27N3O2S. The van der Waals surface area contributed by atoms with Crippen LogP contribution in [0.15, 0.2) is 0 Å². The number of carbonyl (C=O) groups excluding carboxylic acids is 1. The van der Waals surface area contributed by atoms with Crippen molar-refractivity contribution in [3.05, 3.63) is 10.6 Å². The highest BCUT2D eigenvalue weighted by atomic mass is 32.1. The average Bonchev–Trinajstić information content (AvgIpc) is 2.96. The Bertz CT molecular complexity index is 487. The zero-order valence-electron chi connectivity index (χ0n) is 14.0. The van der Waals surface area contributed by atoms with E-state index in [2.05, 4.69) is 23.4 Å². The summed E-state index contributed by atoms with van der Waals surface area (Å²) in [4.78, 5) is 15.3. The van der Waals surface area contributed by atoms with Gasteiger partial charge in [0.15, 0.2) is 0 Å². The van der Waals surface area contributed by atoms with Crippen molar-refractivity contribution in [3.63, 3.8) is 0 Å². The number of carbonyl (C=O) groups is 1. The number of ether oxygens (including phenoxy) is 1. The van der Waals surface area contributed by atoms with Gasteiger partial charge < -0.3 is 9.64 Å². The Morgan fingerprint density at radius 1 is 1.41 bits per heavy atom. The number of aromatic nitrogens is 2. The zero-order chi connectivity index (χ0) is 16.1. The second kappa shape index (κ2) is 8.02. The van der Waals surface area contributed by atoms with Gasteiger partial charge in [0, 0.05) is 13.1 Å². The minimum Gasteiger partial charge on any atom is -0.375 e. The molecule has 0 saturated carbocycles. The SMILES string of the molecule is CC(C)CCC[C@@H]1CN(C(=O)c2snnc2C(C)C)CCO1. The molecule has 6 heteroatoms. The molecule has 1 atom stereocenters. The maximum Gasteiger partial charge on any atom is 0.267 e. The summed E-state index contributed by atoms with van der Waals surface area (Å²) in [5.41, 5.74) is 0.817. The van der Waals surface area contributed by atoms with E-state index in [0.717, 1.165) is 24.5 Å². The van der Waals surface area contributed by atoms with E-state index < -0.39 is 0 Å². The van der Waals surface area contributed by atoms with Crippen LogP contribution in [-0.2, 0) is 4.74 Å². The Morgan fingerprint density at radius 3 is 2.86 bits per heavy atom. The standard InChI is InChI=1S/C16H27N3O2S/c1-11(2)6-5-7-13-10-19(8-9-21-13)16(20)15-14(12(3)4)17-18-22-15/h11-13H,5-10H2,1-4H3/t13-/m1/s1. The van der Waals surface area contributed by atoms with Crippen molar-refractivity contribution in [1.82, 2.24) is 14.5 Å². The number of amides is 1. The van der Waals surface area contributed by atoms with Gasteiger partial charge in [-0.3, -0.25) is 4.79 Å². The summed E-state index contributed by atoms with van der Waals surface area (Å²) < 4.78 is 9.77. The fourth-order valence-electron chi connectivity index (χ4n) is 2.70. The van der Waals surface area contributed by atoms with Crippen LogP contribution in [0.5, 0.6) is 0 Å². The van der Waals surface area contributed by atoms with Crippen LogP contribution in [0, 0.1) is 5.92 Å². The smallest absolute Gasteiger partial charge is 0.267 e. The quantitative estimate of drug-likeness (QED) is 0.805. The first kappa shape index (κ1) is 17.3. The van der Waals surface area contributed by atoms with Crippen LogP contribution < -0.4 is 0 Å². The van der Waals surface area contributed by atoms with Crippen molar-refractivity contribution < 1.29 is 9.53 Å². The lowest BCUT2D eigenvalue weighted by Crippen LogP contribution is -2.45. The van der Waals surface area contributed by atoms with Gasteiger partial charge in [0.2, 0.25) is 0 Å². The van der Waals surface area contributed by atoms with Gasteiger partial charge in [0.05, 0.1) is 18.4 Å². The monoisotopic (exact) mass is 325 g/mol. The maximum atomic E-state index is 12.7. The van der Waals surface area contributed by atoms with E-state index in [1.807, 2.05) is 18.7 Å². The molecule has 2 rings (SSSR count). The van der Waals surface area contributed by atoms with Crippen molar-refractivity contribution in [2.75, 3.05) is 19.7 Å². The van der Waals surface area contributed by atoms with Crippen LogP contribution >= 0.6 is 11.5 Å². The molecule has 1 aromatic rings.